The molecule has 0 radical (unpaired) electrons. The largest absolute Gasteiger partial charge is 0.381 e. The van der Waals surface area contributed by atoms with Crippen LogP contribution in [0.4, 0.5) is 0 Å². The molecule has 1 saturated heterocycles. The number of H-pyrrole nitrogens is 1. The lowest BCUT2D eigenvalue weighted by molar-refractivity contribution is -0.127. The number of aromatic amines is 1. The molecule has 1 aromatic carbocycles. The van der Waals surface area contributed by atoms with E-state index in [2.05, 4.69) is 51.9 Å². The molecule has 1 amide bonds. The Kier molecular flexibility index (Phi) is 9.22. The maximum atomic E-state index is 11.9. The first-order valence-electron chi connectivity index (χ1n) is 9.90. The Bertz CT molecular complexity index is 828. The SMILES string of the molecule is Cc1cccc2[nH]cc(CCNC(=NCC(=O)N(C)C)NCC3CCOC3)c12.I. The van der Waals surface area contributed by atoms with Crippen molar-refractivity contribution in [1.29, 1.82) is 0 Å². The number of hydrogen-bond acceptors (Lipinski definition) is 3. The molecule has 1 unspecified atom stereocenters. The Labute approximate surface area is 189 Å². The highest BCUT2D eigenvalue weighted by Crippen LogP contribution is 2.22. The van der Waals surface area contributed by atoms with Gasteiger partial charge in [-0.15, -0.1) is 24.0 Å². The number of hydrogen-bond donors (Lipinski definition) is 3. The fraction of sp³-hybridized carbons (Fsp3) is 0.524. The topological polar surface area (TPSA) is 81.8 Å². The fourth-order valence-corrected chi connectivity index (χ4v) is 3.41. The van der Waals surface area contributed by atoms with Gasteiger partial charge in [0.05, 0.1) is 6.61 Å². The number of aliphatic imine (C=N–C) groups is 1. The summed E-state index contributed by atoms with van der Waals surface area (Å²) in [7, 11) is 3.49. The van der Waals surface area contributed by atoms with Crippen molar-refractivity contribution in [3.63, 3.8) is 0 Å². The van der Waals surface area contributed by atoms with Crippen LogP contribution >= 0.6 is 24.0 Å². The zero-order chi connectivity index (χ0) is 19.9. The van der Waals surface area contributed by atoms with Crippen LogP contribution in [0.2, 0.25) is 0 Å². The first-order chi connectivity index (χ1) is 13.5. The van der Waals surface area contributed by atoms with Crippen molar-refractivity contribution in [1.82, 2.24) is 20.5 Å². The maximum absolute atomic E-state index is 11.9. The zero-order valence-electron chi connectivity index (χ0n) is 17.5. The Morgan fingerprint density at radius 2 is 2.17 bits per heavy atom. The van der Waals surface area contributed by atoms with E-state index >= 15 is 0 Å². The minimum Gasteiger partial charge on any atom is -0.381 e. The number of nitrogens with zero attached hydrogens (tertiary/aromatic N) is 2. The number of aryl methyl sites for hydroxylation is 1. The minimum atomic E-state index is -0.0162. The summed E-state index contributed by atoms with van der Waals surface area (Å²) in [6.45, 7) is 5.42. The van der Waals surface area contributed by atoms with E-state index in [-0.39, 0.29) is 36.4 Å². The van der Waals surface area contributed by atoms with Crippen molar-refractivity contribution in [2.75, 3.05) is 46.9 Å². The second-order valence-corrected chi connectivity index (χ2v) is 7.55. The molecule has 1 aromatic heterocycles. The highest BCUT2D eigenvalue weighted by atomic mass is 127. The average Bonchev–Trinajstić information content (AvgIpc) is 3.33. The number of rotatable bonds is 7. The highest BCUT2D eigenvalue weighted by Gasteiger charge is 2.16. The second kappa shape index (κ2) is 11.4. The van der Waals surface area contributed by atoms with Crippen LogP contribution in [-0.2, 0) is 16.0 Å². The molecule has 2 heterocycles. The van der Waals surface area contributed by atoms with Crippen LogP contribution in [0.3, 0.4) is 0 Å². The van der Waals surface area contributed by atoms with Crippen molar-refractivity contribution < 1.29 is 9.53 Å². The molecule has 160 valence electrons. The van der Waals surface area contributed by atoms with Crippen LogP contribution in [0.5, 0.6) is 0 Å². The van der Waals surface area contributed by atoms with E-state index in [0.717, 1.165) is 39.1 Å². The van der Waals surface area contributed by atoms with E-state index in [1.165, 1.54) is 22.0 Å². The molecular formula is C21H32IN5O2. The minimum absolute atomic E-state index is 0. The lowest BCUT2D eigenvalue weighted by Gasteiger charge is -2.16. The van der Waals surface area contributed by atoms with Gasteiger partial charge in [-0.05, 0) is 37.0 Å². The molecule has 1 fully saturated rings. The standard InChI is InChI=1S/C21H31N5O2.HI/c1-15-5-4-6-18-20(15)17(12-23-18)7-9-22-21(25-13-19(27)26(2)3)24-11-16-8-10-28-14-16;/h4-6,12,16,23H,7-11,13-14H2,1-3H3,(H2,22,24,25);1H. The molecular weight excluding hydrogens is 481 g/mol. The van der Waals surface area contributed by atoms with Crippen molar-refractivity contribution >= 4 is 46.7 Å². The third-order valence-corrected chi connectivity index (χ3v) is 5.14. The molecule has 29 heavy (non-hydrogen) atoms. The van der Waals surface area contributed by atoms with E-state index in [1.807, 2.05) is 0 Å². The Morgan fingerprint density at radius 1 is 1.34 bits per heavy atom. The van der Waals surface area contributed by atoms with E-state index < -0.39 is 0 Å². The Morgan fingerprint density at radius 3 is 2.90 bits per heavy atom. The van der Waals surface area contributed by atoms with Gasteiger partial charge in [0.25, 0.3) is 0 Å². The molecule has 0 aliphatic carbocycles. The van der Waals surface area contributed by atoms with Gasteiger partial charge in [0.1, 0.15) is 6.54 Å². The molecule has 1 aliphatic rings. The van der Waals surface area contributed by atoms with E-state index in [9.17, 15) is 4.79 Å². The predicted molar refractivity (Wildman–Crippen MR) is 128 cm³/mol. The maximum Gasteiger partial charge on any atom is 0.243 e. The molecule has 1 aliphatic heterocycles. The number of likely N-dealkylation sites (N-methyl/N-ethyl adjacent to an activating group) is 1. The van der Waals surface area contributed by atoms with Gasteiger partial charge in [-0.3, -0.25) is 4.79 Å². The van der Waals surface area contributed by atoms with Crippen LogP contribution in [0.25, 0.3) is 10.9 Å². The van der Waals surface area contributed by atoms with Gasteiger partial charge < -0.3 is 25.3 Å². The first kappa shape index (κ1) is 23.5. The van der Waals surface area contributed by atoms with Gasteiger partial charge in [0, 0.05) is 56.8 Å². The Balaban J connectivity index is 0.00000300. The smallest absolute Gasteiger partial charge is 0.243 e. The summed E-state index contributed by atoms with van der Waals surface area (Å²) >= 11 is 0. The highest BCUT2D eigenvalue weighted by molar-refractivity contribution is 14.0. The molecule has 0 saturated carbocycles. The number of fused-ring (bicyclic) bond motifs is 1. The number of carbonyl (C=O) groups excluding carboxylic acids is 1. The van der Waals surface area contributed by atoms with Crippen LogP contribution in [0.1, 0.15) is 17.5 Å². The second-order valence-electron chi connectivity index (χ2n) is 7.55. The number of nitrogens with one attached hydrogen (secondary N) is 3. The van der Waals surface area contributed by atoms with Gasteiger partial charge in [-0.2, -0.15) is 0 Å². The summed E-state index contributed by atoms with van der Waals surface area (Å²) in [5.74, 6) is 1.16. The van der Waals surface area contributed by atoms with Crippen molar-refractivity contribution in [3.05, 3.63) is 35.5 Å². The summed E-state index contributed by atoms with van der Waals surface area (Å²) in [5, 5.41) is 8.03. The first-order valence-corrected chi connectivity index (χ1v) is 9.90. The number of guanidine groups is 1. The van der Waals surface area contributed by atoms with Gasteiger partial charge in [-0.1, -0.05) is 12.1 Å². The quantitative estimate of drug-likeness (QED) is 0.302. The summed E-state index contributed by atoms with van der Waals surface area (Å²) < 4.78 is 5.44. The predicted octanol–water partition coefficient (Wildman–Crippen LogP) is 2.30. The van der Waals surface area contributed by atoms with Gasteiger partial charge in [-0.25, -0.2) is 4.99 Å². The van der Waals surface area contributed by atoms with Crippen molar-refractivity contribution in [2.45, 2.75) is 19.8 Å². The molecule has 3 N–H and O–H groups in total. The molecule has 0 spiro atoms. The number of benzene rings is 1. The third kappa shape index (κ3) is 6.60. The van der Waals surface area contributed by atoms with Gasteiger partial charge in [0.2, 0.25) is 5.91 Å². The third-order valence-electron chi connectivity index (χ3n) is 5.14. The number of halogens is 1. The van der Waals surface area contributed by atoms with E-state index in [4.69, 9.17) is 4.74 Å². The molecule has 3 rings (SSSR count). The summed E-state index contributed by atoms with van der Waals surface area (Å²) in [5.41, 5.74) is 3.73. The lowest BCUT2D eigenvalue weighted by atomic mass is 10.1. The molecule has 1 atom stereocenters. The lowest BCUT2D eigenvalue weighted by Crippen LogP contribution is -2.41. The summed E-state index contributed by atoms with van der Waals surface area (Å²) in [6.07, 6.45) is 4.01. The average molecular weight is 513 g/mol. The van der Waals surface area contributed by atoms with Gasteiger partial charge in [0.15, 0.2) is 5.96 Å². The zero-order valence-corrected chi connectivity index (χ0v) is 19.8. The molecule has 2 aromatic rings. The van der Waals surface area contributed by atoms with Gasteiger partial charge >= 0.3 is 0 Å². The van der Waals surface area contributed by atoms with Crippen LogP contribution in [0.15, 0.2) is 29.4 Å². The number of carbonyl (C=O) groups is 1. The number of amides is 1. The monoisotopic (exact) mass is 513 g/mol. The van der Waals surface area contributed by atoms with Crippen LogP contribution in [-0.4, -0.2) is 68.7 Å². The number of aromatic nitrogens is 1. The number of ether oxygens (including phenoxy) is 1. The fourth-order valence-electron chi connectivity index (χ4n) is 3.41. The van der Waals surface area contributed by atoms with Crippen molar-refractivity contribution in [3.8, 4) is 0 Å². The molecule has 0 bridgehead atoms. The van der Waals surface area contributed by atoms with Crippen LogP contribution < -0.4 is 10.6 Å². The van der Waals surface area contributed by atoms with Crippen LogP contribution in [0, 0.1) is 12.8 Å². The molecule has 7 nitrogen and oxygen atoms in total. The van der Waals surface area contributed by atoms with E-state index in [0.29, 0.717) is 11.9 Å². The van der Waals surface area contributed by atoms with E-state index in [1.54, 1.807) is 19.0 Å². The summed E-state index contributed by atoms with van der Waals surface area (Å²) in [4.78, 5) is 21.3. The Hall–Kier alpha value is -1.81. The normalized spacial score (nSPS) is 16.5. The molecule has 8 heteroatoms. The summed E-state index contributed by atoms with van der Waals surface area (Å²) in [6, 6.07) is 6.31. The van der Waals surface area contributed by atoms with Crippen molar-refractivity contribution in [2.24, 2.45) is 10.9 Å².